The topological polar surface area (TPSA) is 78.0 Å². The van der Waals surface area contributed by atoms with E-state index in [0.29, 0.717) is 27.9 Å². The number of rotatable bonds is 5. The first-order valence-electron chi connectivity index (χ1n) is 8.71. The van der Waals surface area contributed by atoms with Gasteiger partial charge in [-0.2, -0.15) is 0 Å². The Morgan fingerprint density at radius 1 is 1.22 bits per heavy atom. The second-order valence-electron chi connectivity index (χ2n) is 6.74. The van der Waals surface area contributed by atoms with E-state index in [-0.39, 0.29) is 11.8 Å². The second-order valence-corrected chi connectivity index (χ2v) is 6.74. The molecule has 0 bridgehead atoms. The maximum absolute atomic E-state index is 14.3. The van der Waals surface area contributed by atoms with Crippen LogP contribution in [0.25, 0.3) is 11.1 Å². The van der Waals surface area contributed by atoms with Gasteiger partial charge in [0.1, 0.15) is 11.4 Å². The Morgan fingerprint density at radius 2 is 1.93 bits per heavy atom. The van der Waals surface area contributed by atoms with Gasteiger partial charge in [-0.15, -0.1) is 0 Å². The fraction of sp³-hybridized carbons (Fsp3) is 0.238. The molecule has 0 saturated heterocycles. The van der Waals surface area contributed by atoms with Gasteiger partial charge in [-0.25, -0.2) is 9.37 Å². The number of aliphatic hydroxyl groups is 1. The van der Waals surface area contributed by atoms with Gasteiger partial charge in [0.2, 0.25) is 0 Å². The van der Waals surface area contributed by atoms with Crippen LogP contribution in [0.5, 0.6) is 0 Å². The summed E-state index contributed by atoms with van der Waals surface area (Å²) in [6.45, 7) is 3.84. The van der Waals surface area contributed by atoms with Crippen LogP contribution in [-0.4, -0.2) is 28.0 Å². The molecule has 2 aromatic carbocycles. The maximum Gasteiger partial charge on any atom is 0.251 e. The first-order valence-corrected chi connectivity index (χ1v) is 8.71. The van der Waals surface area contributed by atoms with E-state index in [0.717, 1.165) is 0 Å². The molecule has 1 atom stereocenters. The third-order valence-corrected chi connectivity index (χ3v) is 4.84. The first-order chi connectivity index (χ1) is 12.9. The molecule has 0 spiro atoms. The highest BCUT2D eigenvalue weighted by Gasteiger charge is 2.36. The van der Waals surface area contributed by atoms with E-state index < -0.39 is 11.4 Å². The summed E-state index contributed by atoms with van der Waals surface area (Å²) in [4.78, 5) is 18.8. The molecule has 0 aliphatic heterocycles. The quantitative estimate of drug-likeness (QED) is 0.646. The number of carbonyl (C=O) groups excluding carboxylic acids is 1. The van der Waals surface area contributed by atoms with Gasteiger partial charge in [0.15, 0.2) is 0 Å². The molecule has 27 heavy (non-hydrogen) atoms. The van der Waals surface area contributed by atoms with Crippen molar-refractivity contribution in [3.63, 3.8) is 0 Å². The lowest BCUT2D eigenvalue weighted by Gasteiger charge is -2.31. The Balaban J connectivity index is 2.02. The van der Waals surface area contributed by atoms with E-state index in [4.69, 9.17) is 0 Å². The van der Waals surface area contributed by atoms with Crippen molar-refractivity contribution in [2.45, 2.75) is 19.4 Å². The normalized spacial score (nSPS) is 13.4. The molecule has 3 rings (SSSR count). The van der Waals surface area contributed by atoms with Gasteiger partial charge in [-0.05, 0) is 35.2 Å². The summed E-state index contributed by atoms with van der Waals surface area (Å²) in [5.74, 6) is -0.804. The zero-order valence-electron chi connectivity index (χ0n) is 15.5. The highest BCUT2D eigenvalue weighted by atomic mass is 19.1. The van der Waals surface area contributed by atoms with Crippen molar-refractivity contribution in [1.29, 1.82) is 0 Å². The van der Waals surface area contributed by atoms with Gasteiger partial charge in [0, 0.05) is 18.2 Å². The molecular weight excluding hydrogens is 345 g/mol. The molecule has 3 N–H and O–H groups in total. The number of H-pyrrole nitrogens is 1. The zero-order chi connectivity index (χ0) is 19.6. The molecule has 1 unspecified atom stereocenters. The van der Waals surface area contributed by atoms with Crippen molar-refractivity contribution < 1.29 is 14.3 Å². The molecule has 0 aliphatic carbocycles. The molecule has 3 aromatic rings. The number of benzene rings is 2. The number of imidazole rings is 1. The third kappa shape index (κ3) is 3.36. The fourth-order valence-corrected chi connectivity index (χ4v) is 3.20. The highest BCUT2D eigenvalue weighted by molar-refractivity contribution is 5.95. The SMILES string of the molecule is CNC(=O)c1ccc(F)c(-c2ccc(C(O)(c3cnc[nH]3)C(C)C)cc2)c1. The molecule has 6 heteroatoms. The Kier molecular flexibility index (Phi) is 5.10. The largest absolute Gasteiger partial charge is 0.379 e. The average molecular weight is 367 g/mol. The number of hydrogen-bond donors (Lipinski definition) is 3. The van der Waals surface area contributed by atoms with Crippen LogP contribution in [0, 0.1) is 11.7 Å². The van der Waals surface area contributed by atoms with Gasteiger partial charge < -0.3 is 15.4 Å². The van der Waals surface area contributed by atoms with Crippen molar-refractivity contribution in [3.05, 3.63) is 77.6 Å². The summed E-state index contributed by atoms with van der Waals surface area (Å²) in [6.07, 6.45) is 3.12. The Bertz CT molecular complexity index is 937. The number of halogens is 1. The highest BCUT2D eigenvalue weighted by Crippen LogP contribution is 2.36. The summed E-state index contributed by atoms with van der Waals surface area (Å²) in [6, 6.07) is 11.3. The van der Waals surface area contributed by atoms with E-state index in [1.807, 2.05) is 13.8 Å². The first kappa shape index (κ1) is 18.8. The summed E-state index contributed by atoms with van der Waals surface area (Å²) >= 11 is 0. The molecule has 0 fully saturated rings. The minimum absolute atomic E-state index is 0.114. The van der Waals surface area contributed by atoms with Crippen LogP contribution in [-0.2, 0) is 5.60 Å². The monoisotopic (exact) mass is 367 g/mol. The van der Waals surface area contributed by atoms with E-state index in [1.54, 1.807) is 30.5 Å². The molecule has 1 aromatic heterocycles. The van der Waals surface area contributed by atoms with Gasteiger partial charge >= 0.3 is 0 Å². The molecule has 0 radical (unpaired) electrons. The zero-order valence-corrected chi connectivity index (χ0v) is 15.5. The molecule has 1 amide bonds. The maximum atomic E-state index is 14.3. The van der Waals surface area contributed by atoms with E-state index in [1.165, 1.54) is 31.6 Å². The lowest BCUT2D eigenvalue weighted by Crippen LogP contribution is -2.33. The number of hydrogen-bond acceptors (Lipinski definition) is 3. The minimum Gasteiger partial charge on any atom is -0.379 e. The van der Waals surface area contributed by atoms with Crippen LogP contribution in [0.1, 0.15) is 35.5 Å². The lowest BCUT2D eigenvalue weighted by molar-refractivity contribution is 0.0279. The summed E-state index contributed by atoms with van der Waals surface area (Å²) in [5.41, 5.74) is 1.37. The van der Waals surface area contributed by atoms with Crippen LogP contribution in [0.3, 0.4) is 0 Å². The van der Waals surface area contributed by atoms with Crippen molar-refractivity contribution >= 4 is 5.91 Å². The summed E-state index contributed by atoms with van der Waals surface area (Å²) < 4.78 is 14.3. The molecule has 0 aliphatic rings. The predicted octanol–water partition coefficient (Wildman–Crippen LogP) is 3.47. The van der Waals surface area contributed by atoms with Crippen LogP contribution in [0.4, 0.5) is 4.39 Å². The average Bonchev–Trinajstić information content (AvgIpc) is 3.22. The Morgan fingerprint density at radius 3 is 2.48 bits per heavy atom. The van der Waals surface area contributed by atoms with E-state index >= 15 is 0 Å². The summed E-state index contributed by atoms with van der Waals surface area (Å²) in [5, 5.41) is 13.8. The van der Waals surface area contributed by atoms with Crippen LogP contribution in [0.15, 0.2) is 55.0 Å². The number of amides is 1. The van der Waals surface area contributed by atoms with Crippen LogP contribution in [0.2, 0.25) is 0 Å². The van der Waals surface area contributed by atoms with Gasteiger partial charge in [-0.3, -0.25) is 4.79 Å². The van der Waals surface area contributed by atoms with Gasteiger partial charge in [0.05, 0.1) is 18.2 Å². The van der Waals surface area contributed by atoms with Crippen LogP contribution >= 0.6 is 0 Å². The lowest BCUT2D eigenvalue weighted by atomic mass is 9.80. The Labute approximate surface area is 157 Å². The smallest absolute Gasteiger partial charge is 0.251 e. The third-order valence-electron chi connectivity index (χ3n) is 4.84. The predicted molar refractivity (Wildman–Crippen MR) is 102 cm³/mol. The standard InChI is InChI=1S/C21H22FN3O2/c1-13(2)21(27,19-11-24-12-25-19)16-7-4-14(5-8-16)17-10-15(20(26)23-3)6-9-18(17)22/h4-13,27H,1-3H3,(H,23,26)(H,24,25). The second kappa shape index (κ2) is 7.32. The number of nitrogens with zero attached hydrogens (tertiary/aromatic N) is 1. The molecule has 1 heterocycles. The van der Waals surface area contributed by atoms with Crippen molar-refractivity contribution in [2.75, 3.05) is 7.05 Å². The van der Waals surface area contributed by atoms with E-state index in [2.05, 4.69) is 15.3 Å². The molecular formula is C21H22FN3O2. The number of aromatic amines is 1. The molecule has 140 valence electrons. The summed E-state index contributed by atoms with van der Waals surface area (Å²) in [7, 11) is 1.53. The van der Waals surface area contributed by atoms with Crippen molar-refractivity contribution in [1.82, 2.24) is 15.3 Å². The van der Waals surface area contributed by atoms with E-state index in [9.17, 15) is 14.3 Å². The molecule has 0 saturated carbocycles. The number of nitrogens with one attached hydrogen (secondary N) is 2. The van der Waals surface area contributed by atoms with Gasteiger partial charge in [-0.1, -0.05) is 38.1 Å². The fourth-order valence-electron chi connectivity index (χ4n) is 3.20. The minimum atomic E-state index is -1.24. The van der Waals surface area contributed by atoms with Gasteiger partial charge in [0.25, 0.3) is 5.91 Å². The van der Waals surface area contributed by atoms with Crippen molar-refractivity contribution in [3.8, 4) is 11.1 Å². The Hall–Kier alpha value is -2.99. The number of carbonyl (C=O) groups is 1. The van der Waals surface area contributed by atoms with Crippen LogP contribution < -0.4 is 5.32 Å². The van der Waals surface area contributed by atoms with Crippen molar-refractivity contribution in [2.24, 2.45) is 5.92 Å². The number of aromatic nitrogens is 2. The molecule has 5 nitrogen and oxygen atoms in total.